The number of carbonyl (C=O) groups is 1. The van der Waals surface area contributed by atoms with E-state index in [9.17, 15) is 9.90 Å². The summed E-state index contributed by atoms with van der Waals surface area (Å²) >= 11 is 7.39. The third kappa shape index (κ3) is 2.48. The number of fused-ring (bicyclic) bond motifs is 3. The van der Waals surface area contributed by atoms with Crippen LogP contribution in [0.25, 0.3) is 21.0 Å². The number of benzene rings is 1. The van der Waals surface area contributed by atoms with E-state index in [0.717, 1.165) is 21.0 Å². The maximum atomic E-state index is 11.8. The first-order valence-electron chi connectivity index (χ1n) is 6.43. The van der Waals surface area contributed by atoms with Crippen molar-refractivity contribution in [3.63, 3.8) is 0 Å². The molecule has 3 aromatic rings. The molecule has 0 saturated heterocycles. The summed E-state index contributed by atoms with van der Waals surface area (Å²) in [4.78, 5) is 16.7. The summed E-state index contributed by atoms with van der Waals surface area (Å²) in [5.41, 5.74) is 1.30. The summed E-state index contributed by atoms with van der Waals surface area (Å²) in [6, 6.07) is 7.38. The molecule has 0 spiro atoms. The first-order valence-corrected chi connectivity index (χ1v) is 7.63. The largest absolute Gasteiger partial charge is 0.462 e. The number of carbonyl (C=O) groups excluding carboxylic acids is 1. The Morgan fingerprint density at radius 3 is 2.90 bits per heavy atom. The molecule has 4 nitrogen and oxygen atoms in total. The van der Waals surface area contributed by atoms with Gasteiger partial charge in [-0.25, -0.2) is 9.78 Å². The molecule has 0 aliphatic heterocycles. The van der Waals surface area contributed by atoms with E-state index in [0.29, 0.717) is 22.2 Å². The van der Waals surface area contributed by atoms with Crippen molar-refractivity contribution in [1.82, 2.24) is 4.98 Å². The first-order chi connectivity index (χ1) is 10.1. The molecule has 0 bridgehead atoms. The third-order valence-electron chi connectivity index (χ3n) is 3.17. The maximum Gasteiger partial charge on any atom is 0.348 e. The summed E-state index contributed by atoms with van der Waals surface area (Å²) in [6.07, 6.45) is 0. The average Bonchev–Trinajstić information content (AvgIpc) is 2.91. The number of aliphatic hydroxyl groups is 1. The van der Waals surface area contributed by atoms with Crippen LogP contribution in [-0.2, 0) is 11.3 Å². The van der Waals surface area contributed by atoms with Crippen molar-refractivity contribution >= 4 is 49.9 Å². The van der Waals surface area contributed by atoms with Crippen molar-refractivity contribution < 1.29 is 14.6 Å². The molecular formula is C15H12ClNO3S. The fraction of sp³-hybridized carbons (Fsp3) is 0.200. The van der Waals surface area contributed by atoms with E-state index in [4.69, 9.17) is 16.3 Å². The molecule has 0 atom stereocenters. The average molecular weight is 322 g/mol. The van der Waals surface area contributed by atoms with Crippen LogP contribution in [0.5, 0.6) is 0 Å². The van der Waals surface area contributed by atoms with Crippen molar-refractivity contribution in [2.45, 2.75) is 13.5 Å². The molecule has 0 amide bonds. The number of thiophene rings is 1. The Kier molecular flexibility index (Phi) is 3.80. The Morgan fingerprint density at radius 1 is 1.38 bits per heavy atom. The molecule has 0 fully saturated rings. The van der Waals surface area contributed by atoms with E-state index in [1.165, 1.54) is 11.3 Å². The molecule has 2 aromatic heterocycles. The molecule has 108 valence electrons. The van der Waals surface area contributed by atoms with Crippen molar-refractivity contribution in [3.8, 4) is 0 Å². The maximum absolute atomic E-state index is 11.8. The fourth-order valence-electron chi connectivity index (χ4n) is 2.20. The van der Waals surface area contributed by atoms with E-state index >= 15 is 0 Å². The van der Waals surface area contributed by atoms with Gasteiger partial charge in [0.2, 0.25) is 0 Å². The van der Waals surface area contributed by atoms with Gasteiger partial charge < -0.3 is 9.84 Å². The topological polar surface area (TPSA) is 59.4 Å². The molecule has 0 aliphatic carbocycles. The number of aliphatic hydroxyl groups excluding tert-OH is 1. The van der Waals surface area contributed by atoms with Crippen molar-refractivity contribution in [1.29, 1.82) is 0 Å². The van der Waals surface area contributed by atoms with Gasteiger partial charge in [0.05, 0.1) is 18.7 Å². The van der Waals surface area contributed by atoms with Crippen LogP contribution < -0.4 is 0 Å². The summed E-state index contributed by atoms with van der Waals surface area (Å²) in [7, 11) is 0. The smallest absolute Gasteiger partial charge is 0.348 e. The highest BCUT2D eigenvalue weighted by molar-refractivity contribution is 7.20. The first kappa shape index (κ1) is 14.3. The second-order valence-electron chi connectivity index (χ2n) is 4.47. The van der Waals surface area contributed by atoms with Crippen LogP contribution in [0.15, 0.2) is 24.3 Å². The van der Waals surface area contributed by atoms with Crippen LogP contribution in [0.3, 0.4) is 0 Å². The SMILES string of the molecule is CCOC(=O)c1cc2c(ccc3nc(Cl)c(CO)cc32)s1. The number of esters is 1. The number of halogens is 1. The van der Waals surface area contributed by atoms with E-state index < -0.39 is 0 Å². The zero-order valence-electron chi connectivity index (χ0n) is 11.2. The van der Waals surface area contributed by atoms with Gasteiger partial charge in [-0.1, -0.05) is 11.6 Å². The lowest BCUT2D eigenvalue weighted by molar-refractivity contribution is 0.0532. The minimum Gasteiger partial charge on any atom is -0.462 e. The Balaban J connectivity index is 2.24. The molecule has 21 heavy (non-hydrogen) atoms. The third-order valence-corrected chi connectivity index (χ3v) is 4.58. The second kappa shape index (κ2) is 5.60. The lowest BCUT2D eigenvalue weighted by Crippen LogP contribution is -2.01. The van der Waals surface area contributed by atoms with Crippen LogP contribution in [0.1, 0.15) is 22.2 Å². The molecule has 0 radical (unpaired) electrons. The lowest BCUT2D eigenvalue weighted by atomic mass is 10.1. The van der Waals surface area contributed by atoms with E-state index in [-0.39, 0.29) is 12.6 Å². The van der Waals surface area contributed by atoms with Gasteiger partial charge >= 0.3 is 5.97 Å². The van der Waals surface area contributed by atoms with Crippen molar-refractivity contribution in [2.75, 3.05) is 6.61 Å². The van der Waals surface area contributed by atoms with Crippen molar-refractivity contribution in [3.05, 3.63) is 39.9 Å². The minimum absolute atomic E-state index is 0.174. The zero-order valence-corrected chi connectivity index (χ0v) is 12.8. The van der Waals surface area contributed by atoms with Gasteiger partial charge in [0.25, 0.3) is 0 Å². The minimum atomic E-state index is -0.323. The monoisotopic (exact) mass is 321 g/mol. The summed E-state index contributed by atoms with van der Waals surface area (Å²) in [5.74, 6) is -0.323. The quantitative estimate of drug-likeness (QED) is 0.589. The predicted octanol–water partition coefficient (Wildman–Crippen LogP) is 3.77. The molecule has 1 aromatic carbocycles. The number of rotatable bonds is 3. The molecule has 6 heteroatoms. The second-order valence-corrected chi connectivity index (χ2v) is 5.91. The molecule has 2 heterocycles. The fourth-order valence-corrected chi connectivity index (χ4v) is 3.37. The highest BCUT2D eigenvalue weighted by atomic mass is 35.5. The normalized spacial score (nSPS) is 11.2. The zero-order chi connectivity index (χ0) is 15.0. The van der Waals surface area contributed by atoms with E-state index in [1.54, 1.807) is 13.0 Å². The highest BCUT2D eigenvalue weighted by Gasteiger charge is 2.14. The van der Waals surface area contributed by atoms with E-state index in [1.807, 2.05) is 18.2 Å². The molecule has 0 aliphatic rings. The van der Waals surface area contributed by atoms with E-state index in [2.05, 4.69) is 4.98 Å². The van der Waals surface area contributed by atoms with Gasteiger partial charge in [-0.2, -0.15) is 0 Å². The van der Waals surface area contributed by atoms with Crippen molar-refractivity contribution in [2.24, 2.45) is 0 Å². The molecule has 0 unspecified atom stereocenters. The Hall–Kier alpha value is -1.69. The summed E-state index contributed by atoms with van der Waals surface area (Å²) in [6.45, 7) is 1.95. The Morgan fingerprint density at radius 2 is 2.19 bits per heavy atom. The number of hydrogen-bond acceptors (Lipinski definition) is 5. The predicted molar refractivity (Wildman–Crippen MR) is 84.0 cm³/mol. The number of aromatic nitrogens is 1. The Labute approximate surface area is 129 Å². The number of nitrogens with zero attached hydrogens (tertiary/aromatic N) is 1. The number of pyridine rings is 1. The van der Waals surface area contributed by atoms with Crippen LogP contribution in [0.2, 0.25) is 5.15 Å². The van der Waals surface area contributed by atoms with Gasteiger partial charge in [-0.05, 0) is 31.2 Å². The van der Waals surface area contributed by atoms with Gasteiger partial charge in [0.1, 0.15) is 10.0 Å². The summed E-state index contributed by atoms with van der Waals surface area (Å²) in [5, 5.41) is 11.4. The van der Waals surface area contributed by atoms with Gasteiger partial charge in [0.15, 0.2) is 0 Å². The van der Waals surface area contributed by atoms with Gasteiger partial charge in [-0.3, -0.25) is 0 Å². The van der Waals surface area contributed by atoms with Crippen LogP contribution >= 0.6 is 22.9 Å². The molecule has 3 rings (SSSR count). The molecule has 1 N–H and O–H groups in total. The van der Waals surface area contributed by atoms with Crippen LogP contribution in [0, 0.1) is 0 Å². The van der Waals surface area contributed by atoms with Gasteiger partial charge in [0, 0.05) is 21.0 Å². The van der Waals surface area contributed by atoms with Gasteiger partial charge in [-0.15, -0.1) is 11.3 Å². The lowest BCUT2D eigenvalue weighted by Gasteiger charge is -2.04. The van der Waals surface area contributed by atoms with Crippen LogP contribution in [-0.4, -0.2) is 22.7 Å². The number of hydrogen-bond donors (Lipinski definition) is 1. The number of ether oxygens (including phenoxy) is 1. The molecular weight excluding hydrogens is 310 g/mol. The summed E-state index contributed by atoms with van der Waals surface area (Å²) < 4.78 is 6.00. The Bertz CT molecular complexity index is 844. The molecule has 0 saturated carbocycles. The van der Waals surface area contributed by atoms with Crippen LogP contribution in [0.4, 0.5) is 0 Å². The standard InChI is InChI=1S/C15H12ClNO3S/c1-2-20-15(19)13-6-10-9-5-8(7-18)14(16)17-11(9)3-4-12(10)21-13/h3-6,18H,2,7H2,1H3. The highest BCUT2D eigenvalue weighted by Crippen LogP contribution is 2.33.